The summed E-state index contributed by atoms with van der Waals surface area (Å²) in [6.45, 7) is 0.849. The number of hydrogen-bond donors (Lipinski definition) is 2. The second kappa shape index (κ2) is 22.3. The summed E-state index contributed by atoms with van der Waals surface area (Å²) in [4.78, 5) is 0. The molecule has 11 nitrogen and oxygen atoms in total. The summed E-state index contributed by atoms with van der Waals surface area (Å²) in [7, 11) is 1.52. The van der Waals surface area contributed by atoms with E-state index in [1.54, 1.807) is 0 Å². The molecule has 0 saturated carbocycles. The van der Waals surface area contributed by atoms with E-state index in [4.69, 9.17) is 42.6 Å². The van der Waals surface area contributed by atoms with Gasteiger partial charge >= 0.3 is 0 Å². The lowest BCUT2D eigenvalue weighted by Crippen LogP contribution is -2.66. The second-order valence-corrected chi connectivity index (χ2v) is 14.6. The van der Waals surface area contributed by atoms with Gasteiger partial charge in [-0.25, -0.2) is 0 Å². The van der Waals surface area contributed by atoms with E-state index >= 15 is 0 Å². The average molecular weight is 807 g/mol. The van der Waals surface area contributed by atoms with Crippen LogP contribution in [-0.2, 0) is 75.7 Å². The quantitative estimate of drug-likeness (QED) is 0.0912. The van der Waals surface area contributed by atoms with Crippen LogP contribution in [0.15, 0.2) is 152 Å². The van der Waals surface area contributed by atoms with Crippen LogP contribution in [0.2, 0.25) is 0 Å². The highest BCUT2D eigenvalue weighted by atomic mass is 16.8. The average Bonchev–Trinajstić information content (AvgIpc) is 3.29. The van der Waals surface area contributed by atoms with Crippen LogP contribution in [0.4, 0.5) is 0 Å². The summed E-state index contributed by atoms with van der Waals surface area (Å²) in [6, 6.07) is 48.9. The molecule has 0 radical (unpaired) electrons. The Morgan fingerprint density at radius 1 is 0.441 bits per heavy atom. The second-order valence-electron chi connectivity index (χ2n) is 14.6. The molecule has 2 aliphatic rings. The van der Waals surface area contributed by atoms with Gasteiger partial charge < -0.3 is 52.8 Å². The molecular formula is C48H54O11. The SMILES string of the molecule is CO[C@H]1O[C@H](CO)[C@@H](O[C@@H]2O[C@H](COCc3ccccc3)[C@@H](OCc3ccccc3)[C@H](OCc3ccccc3)[C@@H]2O)[C@H](OCc2ccccc2)[C@H]1OCc1ccccc1. The Balaban J connectivity index is 1.19. The van der Waals surface area contributed by atoms with Gasteiger partial charge in [0.25, 0.3) is 0 Å². The maximum absolute atomic E-state index is 12.3. The normalized spacial score (nSPS) is 27.0. The van der Waals surface area contributed by atoms with Crippen LogP contribution in [0.5, 0.6) is 0 Å². The Kier molecular flexibility index (Phi) is 16.2. The van der Waals surface area contributed by atoms with Crippen LogP contribution in [0.3, 0.4) is 0 Å². The van der Waals surface area contributed by atoms with Gasteiger partial charge in [-0.05, 0) is 27.8 Å². The standard InChI is InChI=1S/C48H54O11/c1-51-48-46(56-32-38-25-15-6-16-26-38)45(55-31-37-23-13-5-14-24-37)43(39(27-49)57-48)59-47-41(50)44(54-30-36-21-11-4-12-22-36)42(53-29-35-19-9-3-10-20-35)40(58-47)33-52-28-34-17-7-2-8-18-34/h2-26,39-50H,27-33H2,1H3/t39-,40-,41+,42-,43-,44-,45+,46-,47+,48+/m1/s1. The van der Waals surface area contributed by atoms with Crippen molar-refractivity contribution >= 4 is 0 Å². The maximum atomic E-state index is 12.3. The van der Waals surface area contributed by atoms with Crippen molar-refractivity contribution in [2.75, 3.05) is 20.3 Å². The molecule has 5 aromatic carbocycles. The molecule has 59 heavy (non-hydrogen) atoms. The van der Waals surface area contributed by atoms with Gasteiger partial charge in [-0.2, -0.15) is 0 Å². The monoisotopic (exact) mass is 806 g/mol. The fraction of sp³-hybridized carbons (Fsp3) is 0.375. The van der Waals surface area contributed by atoms with E-state index in [1.807, 2.05) is 152 Å². The third kappa shape index (κ3) is 11.9. The topological polar surface area (TPSA) is 124 Å². The molecule has 312 valence electrons. The van der Waals surface area contributed by atoms with E-state index in [9.17, 15) is 10.2 Å². The highest BCUT2D eigenvalue weighted by molar-refractivity contribution is 5.17. The van der Waals surface area contributed by atoms with Crippen LogP contribution in [0, 0.1) is 0 Å². The van der Waals surface area contributed by atoms with E-state index in [0.717, 1.165) is 27.8 Å². The van der Waals surface area contributed by atoms with Crippen LogP contribution in [0.25, 0.3) is 0 Å². The van der Waals surface area contributed by atoms with Crippen molar-refractivity contribution in [2.45, 2.75) is 94.4 Å². The molecule has 2 N–H and O–H groups in total. The van der Waals surface area contributed by atoms with Crippen molar-refractivity contribution in [3.05, 3.63) is 179 Å². The zero-order valence-corrected chi connectivity index (χ0v) is 33.2. The van der Waals surface area contributed by atoms with Gasteiger partial charge in [0, 0.05) is 7.11 Å². The van der Waals surface area contributed by atoms with Crippen LogP contribution >= 0.6 is 0 Å². The number of rotatable bonds is 20. The molecule has 2 saturated heterocycles. The van der Waals surface area contributed by atoms with E-state index in [2.05, 4.69) is 0 Å². The number of benzene rings is 5. The minimum absolute atomic E-state index is 0.0964. The molecule has 10 atom stereocenters. The lowest BCUT2D eigenvalue weighted by atomic mass is 9.96. The minimum atomic E-state index is -1.36. The molecule has 0 amide bonds. The largest absolute Gasteiger partial charge is 0.394 e. The lowest BCUT2D eigenvalue weighted by Gasteiger charge is -2.49. The number of methoxy groups -OCH3 is 1. The van der Waals surface area contributed by atoms with E-state index in [0.29, 0.717) is 6.61 Å². The Bertz CT molecular complexity index is 1890. The Morgan fingerprint density at radius 3 is 1.27 bits per heavy atom. The van der Waals surface area contributed by atoms with Crippen molar-refractivity contribution in [3.63, 3.8) is 0 Å². The van der Waals surface area contributed by atoms with Gasteiger partial charge in [0.2, 0.25) is 0 Å². The first kappa shape index (κ1) is 42.8. The zero-order chi connectivity index (χ0) is 40.7. The number of aliphatic hydroxyl groups is 2. The first-order chi connectivity index (χ1) is 29.1. The maximum Gasteiger partial charge on any atom is 0.187 e. The fourth-order valence-corrected chi connectivity index (χ4v) is 7.37. The highest BCUT2D eigenvalue weighted by Gasteiger charge is 2.53. The van der Waals surface area contributed by atoms with Crippen molar-refractivity contribution < 1.29 is 52.8 Å². The van der Waals surface area contributed by atoms with Gasteiger partial charge in [-0.1, -0.05) is 152 Å². The minimum Gasteiger partial charge on any atom is -0.394 e. The van der Waals surface area contributed by atoms with Crippen LogP contribution in [-0.4, -0.2) is 91.9 Å². The summed E-state index contributed by atoms with van der Waals surface area (Å²) in [6.07, 6.45) is -9.64. The van der Waals surface area contributed by atoms with E-state index < -0.39 is 68.0 Å². The summed E-state index contributed by atoms with van der Waals surface area (Å²) in [5.41, 5.74) is 4.72. The number of aliphatic hydroxyl groups excluding tert-OH is 2. The molecule has 2 fully saturated rings. The van der Waals surface area contributed by atoms with Gasteiger partial charge in [0.05, 0.1) is 46.2 Å². The highest BCUT2D eigenvalue weighted by Crippen LogP contribution is 2.35. The van der Waals surface area contributed by atoms with Gasteiger partial charge in [0.1, 0.15) is 48.8 Å². The predicted octanol–water partition coefficient (Wildman–Crippen LogP) is 6.38. The summed E-state index contributed by atoms with van der Waals surface area (Å²) in [5, 5.41) is 23.1. The molecule has 2 aliphatic heterocycles. The lowest BCUT2D eigenvalue weighted by molar-refractivity contribution is -0.371. The number of ether oxygens (including phenoxy) is 9. The summed E-state index contributed by atoms with van der Waals surface area (Å²) >= 11 is 0. The molecule has 0 unspecified atom stereocenters. The molecule has 0 spiro atoms. The summed E-state index contributed by atoms with van der Waals surface area (Å²) in [5.74, 6) is 0. The van der Waals surface area contributed by atoms with E-state index in [-0.39, 0.29) is 33.0 Å². The fourth-order valence-electron chi connectivity index (χ4n) is 7.37. The Labute approximate surface area is 346 Å². The Hall–Kier alpha value is -4.34. The molecule has 7 rings (SSSR count). The first-order valence-electron chi connectivity index (χ1n) is 20.1. The molecule has 0 aromatic heterocycles. The molecule has 0 aliphatic carbocycles. The molecule has 5 aromatic rings. The first-order valence-corrected chi connectivity index (χ1v) is 20.1. The van der Waals surface area contributed by atoms with Crippen molar-refractivity contribution in [1.82, 2.24) is 0 Å². The third-order valence-corrected chi connectivity index (χ3v) is 10.4. The number of hydrogen-bond acceptors (Lipinski definition) is 11. The van der Waals surface area contributed by atoms with Gasteiger partial charge in [-0.15, -0.1) is 0 Å². The third-order valence-electron chi connectivity index (χ3n) is 10.4. The van der Waals surface area contributed by atoms with Crippen molar-refractivity contribution in [2.24, 2.45) is 0 Å². The van der Waals surface area contributed by atoms with Crippen LogP contribution in [0.1, 0.15) is 27.8 Å². The summed E-state index contributed by atoms with van der Waals surface area (Å²) < 4.78 is 58.2. The molecule has 0 bridgehead atoms. The van der Waals surface area contributed by atoms with Gasteiger partial charge in [0.15, 0.2) is 12.6 Å². The van der Waals surface area contributed by atoms with E-state index in [1.165, 1.54) is 7.11 Å². The molecule has 2 heterocycles. The van der Waals surface area contributed by atoms with Gasteiger partial charge in [-0.3, -0.25) is 0 Å². The molecular weight excluding hydrogens is 753 g/mol. The van der Waals surface area contributed by atoms with Crippen molar-refractivity contribution in [1.29, 1.82) is 0 Å². The zero-order valence-electron chi connectivity index (χ0n) is 33.2. The smallest absolute Gasteiger partial charge is 0.187 e. The van der Waals surface area contributed by atoms with Crippen molar-refractivity contribution in [3.8, 4) is 0 Å². The predicted molar refractivity (Wildman–Crippen MR) is 218 cm³/mol. The van der Waals surface area contributed by atoms with Crippen LogP contribution < -0.4 is 0 Å². The molecule has 11 heteroatoms. The Morgan fingerprint density at radius 2 is 0.831 bits per heavy atom.